The first-order valence-corrected chi connectivity index (χ1v) is 6.89. The molecule has 0 aromatic heterocycles. The van der Waals surface area contributed by atoms with Gasteiger partial charge in [-0.1, -0.05) is 30.3 Å². The Morgan fingerprint density at radius 2 is 1.90 bits per heavy atom. The van der Waals surface area contributed by atoms with Crippen molar-refractivity contribution in [2.75, 3.05) is 20.2 Å². The van der Waals surface area contributed by atoms with Crippen molar-refractivity contribution < 1.29 is 14.3 Å². The van der Waals surface area contributed by atoms with E-state index in [4.69, 9.17) is 4.74 Å². The third-order valence-corrected chi connectivity index (χ3v) is 4.04. The minimum atomic E-state index is -0.577. The van der Waals surface area contributed by atoms with Crippen LogP contribution in [0.3, 0.4) is 0 Å². The van der Waals surface area contributed by atoms with Crippen LogP contribution in [0.4, 0.5) is 0 Å². The fourth-order valence-electron chi connectivity index (χ4n) is 2.68. The highest BCUT2D eigenvalue weighted by Gasteiger charge is 2.39. The van der Waals surface area contributed by atoms with Crippen molar-refractivity contribution in [2.24, 2.45) is 5.92 Å². The first kappa shape index (κ1) is 14.6. The van der Waals surface area contributed by atoms with E-state index in [1.165, 1.54) is 7.11 Å². The molecule has 0 N–H and O–H groups in total. The van der Waals surface area contributed by atoms with Gasteiger partial charge in [0.2, 0.25) is 5.91 Å². The summed E-state index contributed by atoms with van der Waals surface area (Å²) in [6.45, 7) is 4.93. The van der Waals surface area contributed by atoms with Crippen LogP contribution in [0.5, 0.6) is 0 Å². The molecule has 0 saturated carbocycles. The van der Waals surface area contributed by atoms with Gasteiger partial charge in [-0.15, -0.1) is 0 Å². The summed E-state index contributed by atoms with van der Waals surface area (Å²) in [6.07, 6.45) is 0.684. The first-order chi connectivity index (χ1) is 9.46. The van der Waals surface area contributed by atoms with Crippen LogP contribution in [0, 0.1) is 5.92 Å². The lowest BCUT2D eigenvalue weighted by molar-refractivity contribution is -0.145. The number of hydrogen-bond donors (Lipinski definition) is 0. The topological polar surface area (TPSA) is 46.6 Å². The van der Waals surface area contributed by atoms with Gasteiger partial charge in [-0.05, 0) is 25.8 Å². The van der Waals surface area contributed by atoms with E-state index < -0.39 is 5.41 Å². The number of benzene rings is 1. The standard InChI is InChI=1S/C16H21NO3/c1-16(2,13-7-5-4-6-8-13)15(19)17-10-9-12(11-17)14(18)20-3/h4-8,12H,9-11H2,1-3H3. The zero-order valence-corrected chi connectivity index (χ0v) is 12.3. The van der Waals surface area contributed by atoms with Crippen molar-refractivity contribution >= 4 is 11.9 Å². The number of nitrogens with zero attached hydrogens (tertiary/aromatic N) is 1. The fraction of sp³-hybridized carbons (Fsp3) is 0.500. The molecule has 1 aromatic carbocycles. The molecule has 2 rings (SSSR count). The highest BCUT2D eigenvalue weighted by atomic mass is 16.5. The van der Waals surface area contributed by atoms with Gasteiger partial charge in [0.15, 0.2) is 0 Å². The van der Waals surface area contributed by atoms with E-state index in [2.05, 4.69) is 0 Å². The van der Waals surface area contributed by atoms with Crippen LogP contribution in [-0.4, -0.2) is 37.0 Å². The molecule has 1 aromatic rings. The van der Waals surface area contributed by atoms with Crippen molar-refractivity contribution in [3.05, 3.63) is 35.9 Å². The van der Waals surface area contributed by atoms with Crippen LogP contribution < -0.4 is 0 Å². The smallest absolute Gasteiger partial charge is 0.310 e. The molecule has 20 heavy (non-hydrogen) atoms. The number of carbonyl (C=O) groups is 2. The van der Waals surface area contributed by atoms with Crippen molar-refractivity contribution in [3.8, 4) is 0 Å². The Balaban J connectivity index is 2.11. The molecule has 1 fully saturated rings. The second kappa shape index (κ2) is 5.65. The highest BCUT2D eigenvalue weighted by molar-refractivity contribution is 5.88. The number of rotatable bonds is 3. The SMILES string of the molecule is COC(=O)C1CCN(C(=O)C(C)(C)c2ccccc2)C1. The molecular weight excluding hydrogens is 254 g/mol. The highest BCUT2D eigenvalue weighted by Crippen LogP contribution is 2.28. The van der Waals surface area contributed by atoms with Gasteiger partial charge in [-0.25, -0.2) is 0 Å². The van der Waals surface area contributed by atoms with Crippen molar-refractivity contribution in [1.82, 2.24) is 4.90 Å². The van der Waals surface area contributed by atoms with Crippen LogP contribution in [0.1, 0.15) is 25.8 Å². The molecule has 1 atom stereocenters. The number of carbonyl (C=O) groups excluding carboxylic acids is 2. The number of methoxy groups -OCH3 is 1. The summed E-state index contributed by atoms with van der Waals surface area (Å²) in [4.78, 5) is 26.0. The molecule has 0 aliphatic carbocycles. The average Bonchev–Trinajstić information content (AvgIpc) is 2.96. The zero-order valence-electron chi connectivity index (χ0n) is 12.3. The second-order valence-corrected chi connectivity index (χ2v) is 5.75. The summed E-state index contributed by atoms with van der Waals surface area (Å²) in [6, 6.07) is 9.74. The number of amides is 1. The Labute approximate surface area is 119 Å². The number of hydrogen-bond acceptors (Lipinski definition) is 3. The molecule has 1 aliphatic heterocycles. The van der Waals surface area contributed by atoms with Crippen LogP contribution in [-0.2, 0) is 19.7 Å². The lowest BCUT2D eigenvalue weighted by Crippen LogP contribution is -2.42. The van der Waals surface area contributed by atoms with Gasteiger partial charge in [0.25, 0.3) is 0 Å². The minimum Gasteiger partial charge on any atom is -0.469 e. The Bertz CT molecular complexity index is 496. The fourth-order valence-corrected chi connectivity index (χ4v) is 2.68. The number of ether oxygens (including phenoxy) is 1. The largest absolute Gasteiger partial charge is 0.469 e. The normalized spacial score (nSPS) is 18.9. The predicted molar refractivity (Wildman–Crippen MR) is 76.2 cm³/mol. The average molecular weight is 275 g/mol. The van der Waals surface area contributed by atoms with Gasteiger partial charge in [0.1, 0.15) is 0 Å². The number of esters is 1. The third kappa shape index (κ3) is 2.69. The van der Waals surface area contributed by atoms with E-state index in [0.29, 0.717) is 19.5 Å². The molecule has 1 heterocycles. The van der Waals surface area contributed by atoms with E-state index in [1.807, 2.05) is 44.2 Å². The zero-order chi connectivity index (χ0) is 14.8. The molecular formula is C16H21NO3. The minimum absolute atomic E-state index is 0.0649. The van der Waals surface area contributed by atoms with E-state index >= 15 is 0 Å². The first-order valence-electron chi connectivity index (χ1n) is 6.89. The monoisotopic (exact) mass is 275 g/mol. The van der Waals surface area contributed by atoms with E-state index in [1.54, 1.807) is 4.90 Å². The van der Waals surface area contributed by atoms with Crippen LogP contribution >= 0.6 is 0 Å². The van der Waals surface area contributed by atoms with E-state index in [0.717, 1.165) is 5.56 Å². The molecule has 4 heteroatoms. The van der Waals surface area contributed by atoms with Gasteiger partial charge >= 0.3 is 5.97 Å². The van der Waals surface area contributed by atoms with Gasteiger partial charge in [-0.3, -0.25) is 9.59 Å². The van der Waals surface area contributed by atoms with Crippen LogP contribution in [0.2, 0.25) is 0 Å². The lowest BCUT2D eigenvalue weighted by atomic mass is 9.83. The van der Waals surface area contributed by atoms with Crippen molar-refractivity contribution in [1.29, 1.82) is 0 Å². The Kier molecular flexibility index (Phi) is 4.12. The molecule has 0 spiro atoms. The summed E-state index contributed by atoms with van der Waals surface area (Å²) in [5.41, 5.74) is 0.415. The number of likely N-dealkylation sites (tertiary alicyclic amines) is 1. The molecule has 4 nitrogen and oxygen atoms in total. The van der Waals surface area contributed by atoms with Crippen molar-refractivity contribution in [3.63, 3.8) is 0 Å². The van der Waals surface area contributed by atoms with E-state index in [9.17, 15) is 9.59 Å². The Morgan fingerprint density at radius 1 is 1.25 bits per heavy atom. The molecule has 108 valence electrons. The molecule has 0 bridgehead atoms. The predicted octanol–water partition coefficient (Wildman–Crippen LogP) is 1.99. The van der Waals surface area contributed by atoms with Gasteiger partial charge < -0.3 is 9.64 Å². The quantitative estimate of drug-likeness (QED) is 0.793. The maximum Gasteiger partial charge on any atom is 0.310 e. The molecule has 0 radical (unpaired) electrons. The lowest BCUT2D eigenvalue weighted by Gasteiger charge is -2.29. The molecule has 1 amide bonds. The summed E-state index contributed by atoms with van der Waals surface area (Å²) < 4.78 is 4.76. The van der Waals surface area contributed by atoms with Gasteiger partial charge in [0, 0.05) is 13.1 Å². The van der Waals surface area contributed by atoms with Crippen molar-refractivity contribution in [2.45, 2.75) is 25.7 Å². The van der Waals surface area contributed by atoms with Gasteiger partial charge in [0.05, 0.1) is 18.4 Å². The van der Waals surface area contributed by atoms with Crippen LogP contribution in [0.25, 0.3) is 0 Å². The van der Waals surface area contributed by atoms with Crippen LogP contribution in [0.15, 0.2) is 30.3 Å². The maximum absolute atomic E-state index is 12.7. The van der Waals surface area contributed by atoms with E-state index in [-0.39, 0.29) is 17.8 Å². The third-order valence-electron chi connectivity index (χ3n) is 4.04. The summed E-state index contributed by atoms with van der Waals surface area (Å²) in [7, 11) is 1.39. The molecule has 1 aliphatic rings. The van der Waals surface area contributed by atoms with Gasteiger partial charge in [-0.2, -0.15) is 0 Å². The maximum atomic E-state index is 12.7. The molecule has 1 saturated heterocycles. The summed E-state index contributed by atoms with van der Waals surface area (Å²) >= 11 is 0. The summed E-state index contributed by atoms with van der Waals surface area (Å²) in [5, 5.41) is 0. The summed E-state index contributed by atoms with van der Waals surface area (Å²) in [5.74, 6) is -0.344. The Morgan fingerprint density at radius 3 is 2.50 bits per heavy atom. The second-order valence-electron chi connectivity index (χ2n) is 5.75. The Hall–Kier alpha value is -1.84. The molecule has 1 unspecified atom stereocenters.